The fourth-order valence-electron chi connectivity index (χ4n) is 6.18. The van der Waals surface area contributed by atoms with E-state index >= 15 is 0 Å². The summed E-state index contributed by atoms with van der Waals surface area (Å²) in [7, 11) is 0. The highest BCUT2D eigenvalue weighted by molar-refractivity contribution is 7.17. The van der Waals surface area contributed by atoms with Gasteiger partial charge in [-0.2, -0.15) is 0 Å². The molecular formula is C38H24Cl2O4S2. The molecule has 0 amide bonds. The van der Waals surface area contributed by atoms with Crippen molar-refractivity contribution < 1.29 is 19.8 Å². The van der Waals surface area contributed by atoms with Crippen molar-refractivity contribution in [1.82, 2.24) is 0 Å². The first-order chi connectivity index (χ1) is 22.2. The van der Waals surface area contributed by atoms with E-state index in [1.165, 1.54) is 0 Å². The van der Waals surface area contributed by atoms with Gasteiger partial charge in [-0.15, -0.1) is 22.7 Å². The number of benzene rings is 5. The zero-order chi connectivity index (χ0) is 32.3. The van der Waals surface area contributed by atoms with Crippen LogP contribution in [0.25, 0.3) is 64.7 Å². The Bertz CT molecular complexity index is 2190. The minimum absolute atomic E-state index is 0.131. The summed E-state index contributed by atoms with van der Waals surface area (Å²) >= 11 is 17.8. The number of carboxylic acids is 2. The maximum absolute atomic E-state index is 12.3. The van der Waals surface area contributed by atoms with Crippen LogP contribution in [0.5, 0.6) is 0 Å². The lowest BCUT2D eigenvalue weighted by atomic mass is 9.83. The average molecular weight is 680 g/mol. The molecule has 7 rings (SSSR count). The Labute approximate surface area is 282 Å². The Balaban J connectivity index is 1.71. The summed E-state index contributed by atoms with van der Waals surface area (Å²) in [6.45, 7) is 4.01. The molecule has 46 heavy (non-hydrogen) atoms. The molecule has 0 bridgehead atoms. The van der Waals surface area contributed by atoms with Gasteiger partial charge < -0.3 is 10.2 Å². The highest BCUT2D eigenvalue weighted by Gasteiger charge is 2.29. The Kier molecular flexibility index (Phi) is 7.70. The lowest BCUT2D eigenvalue weighted by molar-refractivity contribution is 0.0686. The van der Waals surface area contributed by atoms with Crippen LogP contribution in [0.15, 0.2) is 97.1 Å². The highest BCUT2D eigenvalue weighted by atomic mass is 35.5. The maximum Gasteiger partial charge on any atom is 0.335 e. The number of aromatic carboxylic acids is 2. The fourth-order valence-corrected chi connectivity index (χ4v) is 9.33. The van der Waals surface area contributed by atoms with Crippen LogP contribution < -0.4 is 0 Å². The van der Waals surface area contributed by atoms with Crippen LogP contribution in [-0.4, -0.2) is 22.2 Å². The van der Waals surface area contributed by atoms with Gasteiger partial charge in [-0.05, 0) is 70.8 Å². The van der Waals surface area contributed by atoms with Gasteiger partial charge in [0, 0.05) is 32.0 Å². The number of fused-ring (bicyclic) bond motifs is 3. The molecule has 2 heterocycles. The van der Waals surface area contributed by atoms with Crippen molar-refractivity contribution in [2.45, 2.75) is 13.8 Å². The molecule has 7 aromatic rings. The fraction of sp³-hybridized carbons (Fsp3) is 0.0526. The standard InChI is InChI=1S/C38H24Cl2O4S2/c1-19-29(33(39)35(45-19)21-9-5-3-6-10-21)31-27-17-23(37(41)42)13-15-25(27)26-16-14-24(38(43)44)18-28(26)32(31)30-20(2)46-36(34(30)40)22-11-7-4-8-12-22/h3-18H,1-2H3,(H,41,42)(H,43,44). The van der Waals surface area contributed by atoms with Crippen LogP contribution in [0.3, 0.4) is 0 Å². The van der Waals surface area contributed by atoms with E-state index in [2.05, 4.69) is 0 Å². The van der Waals surface area contributed by atoms with Gasteiger partial charge in [-0.25, -0.2) is 9.59 Å². The summed E-state index contributed by atoms with van der Waals surface area (Å²) in [5, 5.41) is 24.2. The van der Waals surface area contributed by atoms with E-state index in [1.807, 2.05) is 74.5 Å². The number of hydrogen-bond donors (Lipinski definition) is 2. The van der Waals surface area contributed by atoms with Gasteiger partial charge in [0.25, 0.3) is 0 Å². The number of hydrogen-bond acceptors (Lipinski definition) is 4. The molecule has 2 aromatic heterocycles. The third-order valence-electron chi connectivity index (χ3n) is 8.24. The molecule has 0 spiro atoms. The van der Waals surface area contributed by atoms with Crippen LogP contribution in [0.4, 0.5) is 0 Å². The van der Waals surface area contributed by atoms with E-state index in [9.17, 15) is 19.8 Å². The molecule has 0 radical (unpaired) electrons. The van der Waals surface area contributed by atoms with Crippen LogP contribution in [0.2, 0.25) is 10.0 Å². The van der Waals surface area contributed by atoms with Crippen LogP contribution >= 0.6 is 45.9 Å². The zero-order valence-electron chi connectivity index (χ0n) is 24.5. The molecule has 0 unspecified atom stereocenters. The molecule has 0 saturated carbocycles. The van der Waals surface area contributed by atoms with Gasteiger partial charge in [0.05, 0.1) is 30.9 Å². The molecule has 2 N–H and O–H groups in total. The second-order valence-corrected chi connectivity index (χ2v) is 14.2. The minimum atomic E-state index is -1.05. The summed E-state index contributed by atoms with van der Waals surface area (Å²) in [4.78, 5) is 28.3. The molecule has 5 aromatic carbocycles. The zero-order valence-corrected chi connectivity index (χ0v) is 27.7. The summed E-state index contributed by atoms with van der Waals surface area (Å²) < 4.78 is 0. The number of rotatable bonds is 6. The van der Waals surface area contributed by atoms with Crippen molar-refractivity contribution >= 4 is 79.4 Å². The smallest absolute Gasteiger partial charge is 0.335 e. The second-order valence-electron chi connectivity index (χ2n) is 11.0. The van der Waals surface area contributed by atoms with Crippen molar-refractivity contribution in [3.63, 3.8) is 0 Å². The van der Waals surface area contributed by atoms with Gasteiger partial charge in [0.1, 0.15) is 0 Å². The minimum Gasteiger partial charge on any atom is -0.478 e. The quantitative estimate of drug-likeness (QED) is 0.172. The molecule has 0 aliphatic heterocycles. The van der Waals surface area contributed by atoms with Crippen LogP contribution in [0, 0.1) is 13.8 Å². The molecule has 4 nitrogen and oxygen atoms in total. The molecule has 0 aliphatic rings. The van der Waals surface area contributed by atoms with Gasteiger partial charge in [-0.3, -0.25) is 0 Å². The Morgan fingerprint density at radius 1 is 0.522 bits per heavy atom. The molecule has 0 atom stereocenters. The Morgan fingerprint density at radius 2 is 0.891 bits per heavy atom. The summed E-state index contributed by atoms with van der Waals surface area (Å²) in [5.41, 5.74) is 5.16. The van der Waals surface area contributed by atoms with Gasteiger partial charge in [-0.1, -0.05) is 96.0 Å². The van der Waals surface area contributed by atoms with Crippen molar-refractivity contribution in [3.8, 4) is 43.1 Å². The van der Waals surface area contributed by atoms with E-state index in [1.54, 1.807) is 59.1 Å². The monoisotopic (exact) mass is 678 g/mol. The molecule has 0 saturated heterocycles. The predicted molar refractivity (Wildman–Crippen MR) is 192 cm³/mol. The van der Waals surface area contributed by atoms with Crippen molar-refractivity contribution in [2.75, 3.05) is 0 Å². The van der Waals surface area contributed by atoms with Crippen LogP contribution in [0.1, 0.15) is 30.5 Å². The van der Waals surface area contributed by atoms with Crippen molar-refractivity contribution in [3.05, 3.63) is 128 Å². The predicted octanol–water partition coefficient (Wildman–Crippen LogP) is 12.1. The Hall–Kier alpha value is -4.46. The summed E-state index contributed by atoms with van der Waals surface area (Å²) in [6, 6.07) is 29.9. The third kappa shape index (κ3) is 4.89. The lowest BCUT2D eigenvalue weighted by Gasteiger charge is -2.20. The first kappa shape index (κ1) is 30.2. The SMILES string of the molecule is Cc1sc(-c2ccccc2)c(Cl)c1-c1c(-c2c(C)sc(-c3ccccc3)c2Cl)c2cc(C(=O)O)ccc2c2ccc(C(=O)O)cc12. The van der Waals surface area contributed by atoms with Crippen molar-refractivity contribution in [2.24, 2.45) is 0 Å². The summed E-state index contributed by atoms with van der Waals surface area (Å²) in [5.74, 6) is -2.10. The maximum atomic E-state index is 12.3. The van der Waals surface area contributed by atoms with E-state index in [0.717, 1.165) is 63.7 Å². The molecule has 226 valence electrons. The molecule has 0 aliphatic carbocycles. The average Bonchev–Trinajstić information content (AvgIpc) is 3.53. The topological polar surface area (TPSA) is 74.6 Å². The lowest BCUT2D eigenvalue weighted by Crippen LogP contribution is -2.00. The highest BCUT2D eigenvalue weighted by Crippen LogP contribution is 2.56. The number of aryl methyl sites for hydroxylation is 2. The van der Waals surface area contributed by atoms with E-state index < -0.39 is 11.9 Å². The molecule has 0 fully saturated rings. The molecule has 8 heteroatoms. The first-order valence-electron chi connectivity index (χ1n) is 14.3. The molecular weight excluding hydrogens is 655 g/mol. The van der Waals surface area contributed by atoms with E-state index in [-0.39, 0.29) is 11.1 Å². The summed E-state index contributed by atoms with van der Waals surface area (Å²) in [6.07, 6.45) is 0. The second kappa shape index (κ2) is 11.7. The van der Waals surface area contributed by atoms with Gasteiger partial charge in [0.15, 0.2) is 0 Å². The normalized spacial score (nSPS) is 11.4. The first-order valence-corrected chi connectivity index (χ1v) is 16.7. The number of halogens is 2. The number of carboxylic acid groups (broad SMARTS) is 2. The van der Waals surface area contributed by atoms with Crippen molar-refractivity contribution in [1.29, 1.82) is 0 Å². The third-order valence-corrected chi connectivity index (χ3v) is 11.5. The largest absolute Gasteiger partial charge is 0.478 e. The van der Waals surface area contributed by atoms with Crippen LogP contribution in [-0.2, 0) is 0 Å². The van der Waals surface area contributed by atoms with Gasteiger partial charge in [0.2, 0.25) is 0 Å². The van der Waals surface area contributed by atoms with E-state index in [0.29, 0.717) is 20.8 Å². The van der Waals surface area contributed by atoms with E-state index in [4.69, 9.17) is 23.2 Å². The number of carbonyl (C=O) groups is 2. The Morgan fingerprint density at radius 3 is 1.24 bits per heavy atom. The number of thiophene rings is 2. The van der Waals surface area contributed by atoms with Gasteiger partial charge >= 0.3 is 11.9 Å².